The summed E-state index contributed by atoms with van der Waals surface area (Å²) in [5.41, 5.74) is 1.93. The second kappa shape index (κ2) is 8.49. The van der Waals surface area contributed by atoms with Gasteiger partial charge in [-0.15, -0.1) is 0 Å². The van der Waals surface area contributed by atoms with E-state index in [1.165, 1.54) is 18.9 Å². The van der Waals surface area contributed by atoms with Crippen LogP contribution >= 0.6 is 11.6 Å². The van der Waals surface area contributed by atoms with E-state index in [0.717, 1.165) is 5.56 Å². The van der Waals surface area contributed by atoms with E-state index < -0.39 is 11.9 Å². The molecule has 2 amide bonds. The van der Waals surface area contributed by atoms with Gasteiger partial charge in [-0.1, -0.05) is 23.7 Å². The maximum Gasteiger partial charge on any atom is 0.339 e. The van der Waals surface area contributed by atoms with Crippen LogP contribution in [0.5, 0.6) is 0 Å². The Morgan fingerprint density at radius 1 is 1.15 bits per heavy atom. The molecule has 0 aliphatic rings. The molecule has 0 aliphatic carbocycles. The fourth-order valence-corrected chi connectivity index (χ4v) is 2.69. The lowest BCUT2D eigenvalue weighted by Gasteiger charge is -2.23. The smallest absolute Gasteiger partial charge is 0.339 e. The lowest BCUT2D eigenvalue weighted by atomic mass is 10.1. The highest BCUT2D eigenvalue weighted by Gasteiger charge is 2.22. The Kier molecular flexibility index (Phi) is 6.36. The first-order valence-electron chi connectivity index (χ1n) is 7.85. The first-order valence-corrected chi connectivity index (χ1v) is 8.22. The summed E-state index contributed by atoms with van der Waals surface area (Å²) in [6, 6.07) is 11.6. The number of ether oxygens (including phenoxy) is 1. The number of aryl methyl sites for hydroxylation is 1. The van der Waals surface area contributed by atoms with E-state index in [1.807, 2.05) is 6.92 Å². The molecule has 0 fully saturated rings. The molecule has 0 saturated carbocycles. The van der Waals surface area contributed by atoms with E-state index >= 15 is 0 Å². The SMILES string of the molecule is COC(=O)c1ccccc1N(CC(=O)Nc1ccc(Cl)cc1C)C(C)=O. The number of nitrogens with zero attached hydrogens (tertiary/aromatic N) is 1. The van der Waals surface area contributed by atoms with Crippen LogP contribution in [-0.4, -0.2) is 31.4 Å². The molecule has 0 aliphatic heterocycles. The summed E-state index contributed by atoms with van der Waals surface area (Å²) in [4.78, 5) is 37.7. The highest BCUT2D eigenvalue weighted by molar-refractivity contribution is 6.30. The Labute approximate surface area is 156 Å². The van der Waals surface area contributed by atoms with Crippen molar-refractivity contribution in [1.82, 2.24) is 0 Å². The van der Waals surface area contributed by atoms with Gasteiger partial charge in [-0.3, -0.25) is 9.59 Å². The van der Waals surface area contributed by atoms with Gasteiger partial charge in [0.05, 0.1) is 18.4 Å². The fourth-order valence-electron chi connectivity index (χ4n) is 2.46. The van der Waals surface area contributed by atoms with Crippen LogP contribution in [0, 0.1) is 6.92 Å². The van der Waals surface area contributed by atoms with E-state index in [9.17, 15) is 14.4 Å². The molecule has 0 aromatic heterocycles. The molecule has 2 aromatic carbocycles. The molecule has 7 heteroatoms. The zero-order chi connectivity index (χ0) is 19.3. The minimum atomic E-state index is -0.583. The Hall–Kier alpha value is -2.86. The molecular weight excluding hydrogens is 356 g/mol. The van der Waals surface area contributed by atoms with Crippen LogP contribution in [0.15, 0.2) is 42.5 Å². The molecule has 2 aromatic rings. The van der Waals surface area contributed by atoms with Crippen LogP contribution in [0.4, 0.5) is 11.4 Å². The van der Waals surface area contributed by atoms with Gasteiger partial charge in [0.1, 0.15) is 6.54 Å². The van der Waals surface area contributed by atoms with Gasteiger partial charge in [0, 0.05) is 17.6 Å². The van der Waals surface area contributed by atoms with Crippen LogP contribution in [0.3, 0.4) is 0 Å². The van der Waals surface area contributed by atoms with Gasteiger partial charge < -0.3 is 15.0 Å². The van der Waals surface area contributed by atoms with Crippen LogP contribution in [0.1, 0.15) is 22.8 Å². The number of halogens is 1. The number of amides is 2. The molecule has 0 bridgehead atoms. The molecule has 0 radical (unpaired) electrons. The topological polar surface area (TPSA) is 75.7 Å². The monoisotopic (exact) mass is 374 g/mol. The molecular formula is C19H19ClN2O4. The zero-order valence-electron chi connectivity index (χ0n) is 14.7. The number of hydrogen-bond acceptors (Lipinski definition) is 4. The van der Waals surface area contributed by atoms with E-state index in [0.29, 0.717) is 16.4 Å². The van der Waals surface area contributed by atoms with Crippen LogP contribution in [0.25, 0.3) is 0 Å². The van der Waals surface area contributed by atoms with Gasteiger partial charge in [0.15, 0.2) is 0 Å². The molecule has 26 heavy (non-hydrogen) atoms. The van der Waals surface area contributed by atoms with Gasteiger partial charge in [0.25, 0.3) is 0 Å². The van der Waals surface area contributed by atoms with Crippen molar-refractivity contribution in [2.45, 2.75) is 13.8 Å². The van der Waals surface area contributed by atoms with Crippen molar-refractivity contribution in [3.05, 3.63) is 58.6 Å². The Morgan fingerprint density at radius 3 is 2.46 bits per heavy atom. The second-order valence-electron chi connectivity index (χ2n) is 5.62. The lowest BCUT2D eigenvalue weighted by molar-refractivity contribution is -0.120. The van der Waals surface area contributed by atoms with Gasteiger partial charge in [-0.25, -0.2) is 4.79 Å². The van der Waals surface area contributed by atoms with Crippen LogP contribution in [-0.2, 0) is 14.3 Å². The second-order valence-corrected chi connectivity index (χ2v) is 6.06. The minimum Gasteiger partial charge on any atom is -0.465 e. The van der Waals surface area contributed by atoms with E-state index in [-0.39, 0.29) is 18.0 Å². The maximum atomic E-state index is 12.4. The molecule has 0 spiro atoms. The van der Waals surface area contributed by atoms with Gasteiger partial charge >= 0.3 is 5.97 Å². The standard InChI is InChI=1S/C19H19ClN2O4/c1-12-10-14(20)8-9-16(12)21-18(24)11-22(13(2)23)17-7-5-4-6-15(17)19(25)26-3/h4-10H,11H2,1-3H3,(H,21,24). The van der Waals surface area contributed by atoms with Crippen LogP contribution in [0.2, 0.25) is 5.02 Å². The first-order chi connectivity index (χ1) is 12.3. The number of carbonyl (C=O) groups is 3. The summed E-state index contributed by atoms with van der Waals surface area (Å²) in [5.74, 6) is -1.35. The molecule has 0 unspecified atom stereocenters. The summed E-state index contributed by atoms with van der Waals surface area (Å²) in [6.07, 6.45) is 0. The number of anilines is 2. The average Bonchev–Trinajstić information content (AvgIpc) is 2.61. The quantitative estimate of drug-likeness (QED) is 0.813. The third-order valence-corrected chi connectivity index (χ3v) is 3.98. The number of rotatable bonds is 5. The highest BCUT2D eigenvalue weighted by atomic mass is 35.5. The molecule has 6 nitrogen and oxygen atoms in total. The fraction of sp³-hybridized carbons (Fsp3) is 0.211. The largest absolute Gasteiger partial charge is 0.465 e. The number of methoxy groups -OCH3 is 1. The third-order valence-electron chi connectivity index (χ3n) is 3.74. The predicted octanol–water partition coefficient (Wildman–Crippen LogP) is 3.43. The normalized spacial score (nSPS) is 10.2. The van der Waals surface area contributed by atoms with E-state index in [4.69, 9.17) is 16.3 Å². The number of carbonyl (C=O) groups excluding carboxylic acids is 3. The van der Waals surface area contributed by atoms with Gasteiger partial charge in [0.2, 0.25) is 11.8 Å². The van der Waals surface area contributed by atoms with Crippen molar-refractivity contribution in [2.75, 3.05) is 23.9 Å². The predicted molar refractivity (Wildman–Crippen MR) is 101 cm³/mol. The number of benzene rings is 2. The van der Waals surface area contributed by atoms with Crippen molar-refractivity contribution in [2.24, 2.45) is 0 Å². The third kappa shape index (κ3) is 4.61. The molecule has 0 atom stereocenters. The van der Waals surface area contributed by atoms with E-state index in [2.05, 4.69) is 5.32 Å². The number of para-hydroxylation sites is 1. The molecule has 0 saturated heterocycles. The number of hydrogen-bond donors (Lipinski definition) is 1. The average molecular weight is 375 g/mol. The van der Waals surface area contributed by atoms with Gasteiger partial charge in [-0.2, -0.15) is 0 Å². The highest BCUT2D eigenvalue weighted by Crippen LogP contribution is 2.23. The lowest BCUT2D eigenvalue weighted by Crippen LogP contribution is -2.37. The van der Waals surface area contributed by atoms with Crippen molar-refractivity contribution < 1.29 is 19.1 Å². The van der Waals surface area contributed by atoms with Gasteiger partial charge in [-0.05, 0) is 42.8 Å². The van der Waals surface area contributed by atoms with Crippen molar-refractivity contribution >= 4 is 40.8 Å². The Morgan fingerprint density at radius 2 is 1.85 bits per heavy atom. The van der Waals surface area contributed by atoms with Crippen molar-refractivity contribution in [3.8, 4) is 0 Å². The van der Waals surface area contributed by atoms with Crippen LogP contribution < -0.4 is 10.2 Å². The molecule has 2 rings (SSSR count). The zero-order valence-corrected chi connectivity index (χ0v) is 15.5. The summed E-state index contributed by atoms with van der Waals surface area (Å²) in [5, 5.41) is 3.32. The molecule has 136 valence electrons. The van der Waals surface area contributed by atoms with Crippen molar-refractivity contribution in [3.63, 3.8) is 0 Å². The maximum absolute atomic E-state index is 12.4. The minimum absolute atomic E-state index is 0.209. The Bertz CT molecular complexity index is 851. The molecule has 0 heterocycles. The number of esters is 1. The summed E-state index contributed by atoms with van der Waals surface area (Å²) in [6.45, 7) is 2.90. The van der Waals surface area contributed by atoms with E-state index in [1.54, 1.807) is 42.5 Å². The molecule has 1 N–H and O–H groups in total. The Balaban J connectivity index is 2.25. The number of nitrogens with one attached hydrogen (secondary N) is 1. The van der Waals surface area contributed by atoms with Crippen molar-refractivity contribution in [1.29, 1.82) is 0 Å². The summed E-state index contributed by atoms with van der Waals surface area (Å²) < 4.78 is 4.74. The summed E-state index contributed by atoms with van der Waals surface area (Å²) >= 11 is 5.91. The first kappa shape index (κ1) is 19.5. The summed E-state index contributed by atoms with van der Waals surface area (Å²) in [7, 11) is 1.26.